The first-order valence-corrected chi connectivity index (χ1v) is 7.62. The molecule has 3 heteroatoms. The maximum atomic E-state index is 4.62. The van der Waals surface area contributed by atoms with Gasteiger partial charge in [-0.3, -0.25) is 0 Å². The van der Waals surface area contributed by atoms with Gasteiger partial charge in [0.05, 0.1) is 10.7 Å². The number of rotatable bonds is 4. The van der Waals surface area contributed by atoms with Gasteiger partial charge in [-0.05, 0) is 57.5 Å². The van der Waals surface area contributed by atoms with Crippen LogP contribution >= 0.6 is 11.3 Å². The third-order valence-corrected chi connectivity index (χ3v) is 4.83. The summed E-state index contributed by atoms with van der Waals surface area (Å²) < 4.78 is 0. The lowest BCUT2D eigenvalue weighted by Gasteiger charge is -2.34. The molecule has 0 amide bonds. The molecule has 1 fully saturated rings. The van der Waals surface area contributed by atoms with Crippen molar-refractivity contribution >= 4 is 11.3 Å². The van der Waals surface area contributed by atoms with E-state index in [-0.39, 0.29) is 0 Å². The van der Waals surface area contributed by atoms with Gasteiger partial charge in [0.2, 0.25) is 0 Å². The van der Waals surface area contributed by atoms with Gasteiger partial charge in [-0.1, -0.05) is 13.3 Å². The Hall–Kier alpha value is -0.410. The number of aryl methyl sites for hydroxylation is 1. The molecule has 1 aromatic rings. The lowest BCUT2D eigenvalue weighted by molar-refractivity contribution is 0.185. The van der Waals surface area contributed by atoms with E-state index in [9.17, 15) is 0 Å². The summed E-state index contributed by atoms with van der Waals surface area (Å²) in [6.07, 6.45) is 5.35. The SMILES string of the molecule is CNCC1CCC(C)CC1Cc1csc(C)n1. The minimum Gasteiger partial charge on any atom is -0.319 e. The van der Waals surface area contributed by atoms with Gasteiger partial charge in [-0.25, -0.2) is 4.98 Å². The van der Waals surface area contributed by atoms with Crippen molar-refractivity contribution in [2.75, 3.05) is 13.6 Å². The Morgan fingerprint density at radius 1 is 1.41 bits per heavy atom. The van der Waals surface area contributed by atoms with Gasteiger partial charge in [0.25, 0.3) is 0 Å². The molecule has 17 heavy (non-hydrogen) atoms. The van der Waals surface area contributed by atoms with E-state index in [1.165, 1.54) is 42.9 Å². The highest BCUT2D eigenvalue weighted by atomic mass is 32.1. The highest BCUT2D eigenvalue weighted by Gasteiger charge is 2.28. The second-order valence-corrected chi connectivity index (χ2v) is 6.62. The molecule has 2 rings (SSSR count). The summed E-state index contributed by atoms with van der Waals surface area (Å²) in [5.74, 6) is 2.57. The Kier molecular flexibility index (Phi) is 4.57. The van der Waals surface area contributed by atoms with Crippen molar-refractivity contribution in [1.82, 2.24) is 10.3 Å². The molecule has 1 N–H and O–H groups in total. The predicted molar refractivity (Wildman–Crippen MR) is 74.5 cm³/mol. The number of hydrogen-bond acceptors (Lipinski definition) is 3. The van der Waals surface area contributed by atoms with E-state index in [4.69, 9.17) is 0 Å². The highest BCUT2D eigenvalue weighted by molar-refractivity contribution is 7.09. The van der Waals surface area contributed by atoms with Crippen LogP contribution in [0.3, 0.4) is 0 Å². The molecule has 3 unspecified atom stereocenters. The van der Waals surface area contributed by atoms with Crippen LogP contribution in [0, 0.1) is 24.7 Å². The van der Waals surface area contributed by atoms with Crippen LogP contribution in [-0.4, -0.2) is 18.6 Å². The molecule has 0 aromatic carbocycles. The molecule has 2 nitrogen and oxygen atoms in total. The molecule has 96 valence electrons. The maximum Gasteiger partial charge on any atom is 0.0897 e. The van der Waals surface area contributed by atoms with Crippen LogP contribution in [0.15, 0.2) is 5.38 Å². The highest BCUT2D eigenvalue weighted by Crippen LogP contribution is 2.35. The van der Waals surface area contributed by atoms with Crippen LogP contribution in [0.2, 0.25) is 0 Å². The molecule has 1 aliphatic rings. The molecule has 0 spiro atoms. The lowest BCUT2D eigenvalue weighted by Crippen LogP contribution is -2.32. The average Bonchev–Trinajstić information content (AvgIpc) is 2.68. The van der Waals surface area contributed by atoms with E-state index in [1.54, 1.807) is 11.3 Å². The number of nitrogens with one attached hydrogen (secondary N) is 1. The molecule has 1 aromatic heterocycles. The fourth-order valence-corrected chi connectivity index (χ4v) is 3.74. The Balaban J connectivity index is 1.99. The maximum absolute atomic E-state index is 4.62. The summed E-state index contributed by atoms with van der Waals surface area (Å²) in [5, 5.41) is 6.80. The van der Waals surface area contributed by atoms with Crippen LogP contribution in [0.5, 0.6) is 0 Å². The molecule has 1 heterocycles. The predicted octanol–water partition coefficient (Wildman–Crippen LogP) is 3.27. The topological polar surface area (TPSA) is 24.9 Å². The number of thiazole rings is 1. The molecule has 0 saturated heterocycles. The summed E-state index contributed by atoms with van der Waals surface area (Å²) >= 11 is 1.78. The zero-order chi connectivity index (χ0) is 12.3. The van der Waals surface area contributed by atoms with E-state index < -0.39 is 0 Å². The van der Waals surface area contributed by atoms with Gasteiger partial charge < -0.3 is 5.32 Å². The second kappa shape index (κ2) is 5.96. The number of nitrogens with zero attached hydrogens (tertiary/aromatic N) is 1. The fourth-order valence-electron chi connectivity index (χ4n) is 3.11. The summed E-state index contributed by atoms with van der Waals surface area (Å²) in [6, 6.07) is 0. The zero-order valence-corrected chi connectivity index (χ0v) is 12.0. The first-order chi connectivity index (χ1) is 8.19. The summed E-state index contributed by atoms with van der Waals surface area (Å²) in [7, 11) is 2.07. The van der Waals surface area contributed by atoms with Crippen LogP contribution in [0.25, 0.3) is 0 Å². The van der Waals surface area contributed by atoms with E-state index in [1.807, 2.05) is 0 Å². The van der Waals surface area contributed by atoms with Crippen LogP contribution in [0.4, 0.5) is 0 Å². The number of aromatic nitrogens is 1. The van der Waals surface area contributed by atoms with E-state index in [0.29, 0.717) is 0 Å². The molecule has 0 bridgehead atoms. The van der Waals surface area contributed by atoms with Crippen molar-refractivity contribution < 1.29 is 0 Å². The first-order valence-electron chi connectivity index (χ1n) is 6.74. The summed E-state index contributed by atoms with van der Waals surface area (Å²) in [5.41, 5.74) is 1.31. The largest absolute Gasteiger partial charge is 0.319 e. The third-order valence-electron chi connectivity index (χ3n) is 4.01. The smallest absolute Gasteiger partial charge is 0.0897 e. The van der Waals surface area contributed by atoms with Gasteiger partial charge in [0, 0.05) is 5.38 Å². The Labute approximate surface area is 109 Å². The lowest BCUT2D eigenvalue weighted by atomic mass is 9.73. The molecule has 1 saturated carbocycles. The molecular formula is C14H24N2S. The summed E-state index contributed by atoms with van der Waals surface area (Å²) in [6.45, 7) is 5.66. The average molecular weight is 252 g/mol. The summed E-state index contributed by atoms with van der Waals surface area (Å²) in [4.78, 5) is 4.62. The van der Waals surface area contributed by atoms with E-state index >= 15 is 0 Å². The van der Waals surface area contributed by atoms with Gasteiger partial charge in [0.15, 0.2) is 0 Å². The molecular weight excluding hydrogens is 228 g/mol. The standard InChI is InChI=1S/C14H24N2S/c1-10-4-5-12(8-15-3)13(6-10)7-14-9-17-11(2)16-14/h9-10,12-13,15H,4-8H2,1-3H3. The van der Waals surface area contributed by atoms with Gasteiger partial charge >= 0.3 is 0 Å². The normalized spacial score (nSPS) is 29.5. The monoisotopic (exact) mass is 252 g/mol. The van der Waals surface area contributed by atoms with E-state index in [2.05, 4.69) is 36.6 Å². The van der Waals surface area contributed by atoms with Crippen LogP contribution in [0.1, 0.15) is 36.9 Å². The van der Waals surface area contributed by atoms with Gasteiger partial charge in [0.1, 0.15) is 0 Å². The van der Waals surface area contributed by atoms with Gasteiger partial charge in [-0.2, -0.15) is 0 Å². The Bertz CT molecular complexity index is 348. The molecule has 3 atom stereocenters. The molecule has 0 radical (unpaired) electrons. The van der Waals surface area contributed by atoms with Crippen LogP contribution < -0.4 is 5.32 Å². The number of hydrogen-bond donors (Lipinski definition) is 1. The zero-order valence-electron chi connectivity index (χ0n) is 11.2. The van der Waals surface area contributed by atoms with Crippen molar-refractivity contribution in [3.63, 3.8) is 0 Å². The van der Waals surface area contributed by atoms with Crippen molar-refractivity contribution in [2.45, 2.75) is 39.5 Å². The molecule has 0 aliphatic heterocycles. The van der Waals surface area contributed by atoms with Crippen molar-refractivity contribution in [3.05, 3.63) is 16.1 Å². The third kappa shape index (κ3) is 3.52. The fraction of sp³-hybridized carbons (Fsp3) is 0.786. The quantitative estimate of drug-likeness (QED) is 0.889. The van der Waals surface area contributed by atoms with Crippen LogP contribution in [-0.2, 0) is 6.42 Å². The minimum atomic E-state index is 0.827. The minimum absolute atomic E-state index is 0.827. The second-order valence-electron chi connectivity index (χ2n) is 5.56. The van der Waals surface area contributed by atoms with Gasteiger partial charge in [-0.15, -0.1) is 11.3 Å². The van der Waals surface area contributed by atoms with Crippen molar-refractivity contribution in [2.24, 2.45) is 17.8 Å². The Morgan fingerprint density at radius 3 is 2.88 bits per heavy atom. The van der Waals surface area contributed by atoms with E-state index in [0.717, 1.165) is 17.8 Å². The van der Waals surface area contributed by atoms with Crippen molar-refractivity contribution in [1.29, 1.82) is 0 Å². The Morgan fingerprint density at radius 2 is 2.24 bits per heavy atom. The first kappa shape index (κ1) is 13.0. The van der Waals surface area contributed by atoms with Crippen molar-refractivity contribution in [3.8, 4) is 0 Å². The molecule has 1 aliphatic carbocycles.